The average Bonchev–Trinajstić information content (AvgIpc) is 3.41. The van der Waals surface area contributed by atoms with Gasteiger partial charge in [0.2, 0.25) is 0 Å². The Labute approximate surface area is 202 Å². The fraction of sp³-hybridized carbons (Fsp3) is 0.345. The monoisotopic (exact) mass is 458 g/mol. The van der Waals surface area contributed by atoms with Crippen LogP contribution in [0.4, 0.5) is 5.69 Å². The number of hydrogen-bond acceptors (Lipinski definition) is 4. The van der Waals surface area contributed by atoms with Gasteiger partial charge in [0.05, 0.1) is 20.3 Å². The number of nitrogens with zero attached hydrogens (tertiary/aromatic N) is 1. The van der Waals surface area contributed by atoms with Crippen molar-refractivity contribution in [1.82, 2.24) is 5.32 Å². The number of hydrogen-bond donors (Lipinski definition) is 1. The minimum Gasteiger partial charge on any atom is -0.493 e. The molecule has 0 spiro atoms. The van der Waals surface area contributed by atoms with Crippen LogP contribution < -0.4 is 19.7 Å². The van der Waals surface area contributed by atoms with E-state index in [1.807, 2.05) is 41.3 Å². The van der Waals surface area contributed by atoms with Crippen molar-refractivity contribution in [2.24, 2.45) is 5.92 Å². The van der Waals surface area contributed by atoms with Crippen LogP contribution in [0.2, 0.25) is 0 Å². The molecule has 0 aliphatic carbocycles. The molecule has 0 saturated carbocycles. The Bertz CT molecular complexity index is 1110. The third-order valence-electron chi connectivity index (χ3n) is 6.57. The molecule has 4 rings (SSSR count). The van der Waals surface area contributed by atoms with Gasteiger partial charge in [-0.15, -0.1) is 0 Å². The minimum absolute atomic E-state index is 0.00844. The second-order valence-corrected chi connectivity index (χ2v) is 9.10. The molecule has 1 N–H and O–H groups in total. The van der Waals surface area contributed by atoms with Crippen LogP contribution in [0, 0.1) is 5.92 Å². The van der Waals surface area contributed by atoms with Gasteiger partial charge in [0.1, 0.15) is 0 Å². The molecule has 5 heteroatoms. The van der Waals surface area contributed by atoms with Crippen molar-refractivity contribution < 1.29 is 14.3 Å². The molecule has 34 heavy (non-hydrogen) atoms. The van der Waals surface area contributed by atoms with E-state index < -0.39 is 0 Å². The molecule has 1 saturated heterocycles. The normalized spacial score (nSPS) is 16.3. The van der Waals surface area contributed by atoms with Crippen LogP contribution in [-0.2, 0) is 0 Å². The summed E-state index contributed by atoms with van der Waals surface area (Å²) in [6.45, 7) is 5.37. The third-order valence-corrected chi connectivity index (χ3v) is 6.57. The molecule has 3 aromatic rings. The molecular formula is C29H34N2O3. The van der Waals surface area contributed by atoms with Gasteiger partial charge in [-0.3, -0.25) is 4.79 Å². The van der Waals surface area contributed by atoms with E-state index in [9.17, 15) is 4.79 Å². The number of carbonyl (C=O) groups excluding carboxylic acids is 1. The molecule has 1 amide bonds. The van der Waals surface area contributed by atoms with Crippen molar-refractivity contribution in [3.63, 3.8) is 0 Å². The zero-order valence-electron chi connectivity index (χ0n) is 20.5. The summed E-state index contributed by atoms with van der Waals surface area (Å²) in [7, 11) is 3.19. The first-order chi connectivity index (χ1) is 16.5. The van der Waals surface area contributed by atoms with Gasteiger partial charge in [-0.05, 0) is 66.8 Å². The Balaban J connectivity index is 1.81. The van der Waals surface area contributed by atoms with Crippen LogP contribution in [0.15, 0.2) is 72.8 Å². The van der Waals surface area contributed by atoms with Gasteiger partial charge in [-0.1, -0.05) is 56.3 Å². The van der Waals surface area contributed by atoms with Crippen LogP contribution in [0.1, 0.15) is 37.0 Å². The van der Waals surface area contributed by atoms with Gasteiger partial charge < -0.3 is 19.7 Å². The summed E-state index contributed by atoms with van der Waals surface area (Å²) in [5, 5.41) is 3.64. The maximum absolute atomic E-state index is 14.2. The molecule has 1 aliphatic heterocycles. The van der Waals surface area contributed by atoms with Crippen LogP contribution in [0.5, 0.6) is 11.5 Å². The second-order valence-electron chi connectivity index (χ2n) is 9.10. The standard InChI is InChI=1S/C29H34N2O3/c1-20(2)28(25-14-9-17-30-25)31(29(32)23-15-16-26(33-3)27(19-23)34-4)24-13-8-12-22(18-24)21-10-6-5-7-11-21/h5-8,10-13,15-16,18-20,25,28,30H,9,14,17H2,1-4H3. The first kappa shape index (κ1) is 23.8. The summed E-state index contributed by atoms with van der Waals surface area (Å²) in [4.78, 5) is 16.2. The Morgan fingerprint density at radius 2 is 1.65 bits per heavy atom. The number of carbonyl (C=O) groups is 1. The average molecular weight is 459 g/mol. The van der Waals surface area contributed by atoms with Crippen molar-refractivity contribution in [1.29, 1.82) is 0 Å². The predicted molar refractivity (Wildman–Crippen MR) is 138 cm³/mol. The molecule has 0 bridgehead atoms. The number of anilines is 1. The van der Waals surface area contributed by atoms with Gasteiger partial charge in [-0.25, -0.2) is 0 Å². The summed E-state index contributed by atoms with van der Waals surface area (Å²) in [6.07, 6.45) is 2.17. The molecule has 1 fully saturated rings. The van der Waals surface area contributed by atoms with Gasteiger partial charge in [-0.2, -0.15) is 0 Å². The largest absolute Gasteiger partial charge is 0.493 e. The second kappa shape index (κ2) is 10.7. The van der Waals surface area contributed by atoms with Crippen molar-refractivity contribution in [3.8, 4) is 22.6 Å². The van der Waals surface area contributed by atoms with E-state index in [1.54, 1.807) is 26.4 Å². The Kier molecular flexibility index (Phi) is 7.53. The summed E-state index contributed by atoms with van der Waals surface area (Å²) in [5.41, 5.74) is 3.69. The van der Waals surface area contributed by atoms with E-state index in [2.05, 4.69) is 43.4 Å². The minimum atomic E-state index is -0.0430. The Hall–Kier alpha value is -3.31. The highest BCUT2D eigenvalue weighted by Gasteiger charge is 2.36. The summed E-state index contributed by atoms with van der Waals surface area (Å²) >= 11 is 0. The third kappa shape index (κ3) is 4.95. The maximum Gasteiger partial charge on any atom is 0.258 e. The number of ether oxygens (including phenoxy) is 2. The van der Waals surface area contributed by atoms with E-state index in [1.165, 1.54) is 0 Å². The van der Waals surface area contributed by atoms with Crippen molar-refractivity contribution in [2.75, 3.05) is 25.7 Å². The van der Waals surface area contributed by atoms with Gasteiger partial charge in [0.15, 0.2) is 11.5 Å². The van der Waals surface area contributed by atoms with Gasteiger partial charge in [0, 0.05) is 17.3 Å². The van der Waals surface area contributed by atoms with Crippen molar-refractivity contribution >= 4 is 11.6 Å². The fourth-order valence-corrected chi connectivity index (χ4v) is 4.94. The molecule has 0 radical (unpaired) electrons. The van der Waals surface area contributed by atoms with Crippen LogP contribution >= 0.6 is 0 Å². The SMILES string of the molecule is COc1ccc(C(=O)N(c2cccc(-c3ccccc3)c2)C(C(C)C)C2CCCN2)cc1OC. The quantitative estimate of drug-likeness (QED) is 0.464. The summed E-state index contributed by atoms with van der Waals surface area (Å²) < 4.78 is 10.9. The fourth-order valence-electron chi connectivity index (χ4n) is 4.94. The van der Waals surface area contributed by atoms with E-state index in [4.69, 9.17) is 9.47 Å². The van der Waals surface area contributed by atoms with E-state index >= 15 is 0 Å². The van der Waals surface area contributed by atoms with Gasteiger partial charge >= 0.3 is 0 Å². The molecule has 2 atom stereocenters. The topological polar surface area (TPSA) is 50.8 Å². The first-order valence-corrected chi connectivity index (χ1v) is 12.0. The smallest absolute Gasteiger partial charge is 0.258 e. The lowest BCUT2D eigenvalue weighted by atomic mass is 9.91. The molecular weight excluding hydrogens is 424 g/mol. The molecule has 2 unspecified atom stereocenters. The van der Waals surface area contributed by atoms with Crippen LogP contribution in [0.3, 0.4) is 0 Å². The van der Waals surface area contributed by atoms with Crippen LogP contribution in [0.25, 0.3) is 11.1 Å². The lowest BCUT2D eigenvalue weighted by molar-refractivity contribution is 0.0962. The zero-order valence-corrected chi connectivity index (χ0v) is 20.5. The highest BCUT2D eigenvalue weighted by atomic mass is 16.5. The maximum atomic E-state index is 14.2. The number of methoxy groups -OCH3 is 2. The number of amides is 1. The van der Waals surface area contributed by atoms with E-state index in [0.717, 1.165) is 36.2 Å². The number of nitrogens with one attached hydrogen (secondary N) is 1. The molecule has 178 valence electrons. The van der Waals surface area contributed by atoms with Crippen molar-refractivity contribution in [3.05, 3.63) is 78.4 Å². The Morgan fingerprint density at radius 1 is 0.912 bits per heavy atom. The lowest BCUT2D eigenvalue weighted by Crippen LogP contribution is -2.53. The lowest BCUT2D eigenvalue weighted by Gasteiger charge is -2.39. The molecule has 0 aromatic heterocycles. The Morgan fingerprint density at radius 3 is 2.29 bits per heavy atom. The summed E-state index contributed by atoms with van der Waals surface area (Å²) in [6, 6.07) is 24.2. The van der Waals surface area contributed by atoms with Crippen molar-refractivity contribution in [2.45, 2.75) is 38.8 Å². The molecule has 1 aliphatic rings. The number of benzene rings is 3. The zero-order chi connectivity index (χ0) is 24.1. The van der Waals surface area contributed by atoms with E-state index in [-0.39, 0.29) is 23.9 Å². The van der Waals surface area contributed by atoms with Crippen LogP contribution in [-0.4, -0.2) is 38.8 Å². The first-order valence-electron chi connectivity index (χ1n) is 12.0. The molecule has 1 heterocycles. The molecule has 5 nitrogen and oxygen atoms in total. The van der Waals surface area contributed by atoms with Gasteiger partial charge in [0.25, 0.3) is 5.91 Å². The number of rotatable bonds is 8. The predicted octanol–water partition coefficient (Wildman–Crippen LogP) is 5.79. The highest BCUT2D eigenvalue weighted by molar-refractivity contribution is 6.07. The van der Waals surface area contributed by atoms with E-state index in [0.29, 0.717) is 17.1 Å². The highest BCUT2D eigenvalue weighted by Crippen LogP contribution is 2.34. The molecule has 3 aromatic carbocycles. The summed E-state index contributed by atoms with van der Waals surface area (Å²) in [5.74, 6) is 1.37.